The van der Waals surface area contributed by atoms with Crippen LogP contribution in [-0.4, -0.2) is 58.9 Å². The van der Waals surface area contributed by atoms with Gasteiger partial charge in [-0.05, 0) is 36.5 Å². The fourth-order valence-electron chi connectivity index (χ4n) is 3.40. The molecule has 3 rings (SSSR count). The number of carbonyl (C=O) groups is 2. The van der Waals surface area contributed by atoms with Gasteiger partial charge in [0.1, 0.15) is 5.82 Å². The molecule has 5 nitrogen and oxygen atoms in total. The van der Waals surface area contributed by atoms with E-state index in [2.05, 4.69) is 0 Å². The van der Waals surface area contributed by atoms with Gasteiger partial charge in [-0.15, -0.1) is 11.8 Å². The Morgan fingerprint density at radius 2 is 1.84 bits per heavy atom. The first-order chi connectivity index (χ1) is 12.0. The van der Waals surface area contributed by atoms with Crippen molar-refractivity contribution < 1.29 is 14.0 Å². The minimum absolute atomic E-state index is 0.0425. The molecule has 1 atom stereocenters. The van der Waals surface area contributed by atoms with Gasteiger partial charge in [0, 0.05) is 25.4 Å². The lowest BCUT2D eigenvalue weighted by Gasteiger charge is -2.35. The lowest BCUT2D eigenvalue weighted by molar-refractivity contribution is -0.134. The van der Waals surface area contributed by atoms with Gasteiger partial charge in [-0.25, -0.2) is 4.39 Å². The summed E-state index contributed by atoms with van der Waals surface area (Å²) < 4.78 is 12.9. The maximum Gasteiger partial charge on any atom is 0.240 e. The van der Waals surface area contributed by atoms with Crippen molar-refractivity contribution in [2.75, 3.05) is 31.3 Å². The topological polar surface area (TPSA) is 66.6 Å². The molecular weight excluding hydrogens is 341 g/mol. The van der Waals surface area contributed by atoms with Gasteiger partial charge in [0.25, 0.3) is 0 Å². The Morgan fingerprint density at radius 1 is 1.16 bits per heavy atom. The molecular formula is C18H24FN3O2S. The van der Waals surface area contributed by atoms with E-state index in [9.17, 15) is 14.0 Å². The van der Waals surface area contributed by atoms with Crippen molar-refractivity contribution in [1.29, 1.82) is 0 Å². The van der Waals surface area contributed by atoms with Gasteiger partial charge in [-0.3, -0.25) is 9.59 Å². The van der Waals surface area contributed by atoms with Crippen molar-refractivity contribution >= 4 is 23.6 Å². The zero-order chi connectivity index (χ0) is 17.8. The van der Waals surface area contributed by atoms with Crippen LogP contribution in [0.25, 0.3) is 0 Å². The molecule has 0 aliphatic carbocycles. The van der Waals surface area contributed by atoms with Gasteiger partial charge in [0.05, 0.1) is 18.3 Å². The second-order valence-corrected chi connectivity index (χ2v) is 7.76. The van der Waals surface area contributed by atoms with E-state index in [-0.39, 0.29) is 30.0 Å². The largest absolute Gasteiger partial charge is 0.342 e. The molecule has 1 unspecified atom stereocenters. The summed E-state index contributed by atoms with van der Waals surface area (Å²) in [6, 6.07) is 5.56. The number of carbonyl (C=O) groups excluding carboxylic acids is 2. The number of piperidine rings is 1. The van der Waals surface area contributed by atoms with Crippen LogP contribution < -0.4 is 5.73 Å². The first-order valence-corrected chi connectivity index (χ1v) is 9.84. The molecule has 2 saturated heterocycles. The number of halogens is 1. The van der Waals surface area contributed by atoms with Crippen LogP contribution in [0.15, 0.2) is 24.3 Å². The number of hydrogen-bond acceptors (Lipinski definition) is 4. The van der Waals surface area contributed by atoms with Crippen LogP contribution in [0.2, 0.25) is 0 Å². The van der Waals surface area contributed by atoms with E-state index in [1.54, 1.807) is 23.9 Å². The van der Waals surface area contributed by atoms with E-state index in [1.165, 1.54) is 12.1 Å². The smallest absolute Gasteiger partial charge is 0.240 e. The molecule has 2 N–H and O–H groups in total. The number of amides is 2. The highest BCUT2D eigenvalue weighted by molar-refractivity contribution is 7.99. The Balaban J connectivity index is 1.48. The highest BCUT2D eigenvalue weighted by atomic mass is 32.2. The molecule has 0 spiro atoms. The Kier molecular flexibility index (Phi) is 5.96. The molecule has 2 heterocycles. The minimum atomic E-state index is -0.465. The first-order valence-electron chi connectivity index (χ1n) is 8.69. The fourth-order valence-corrected chi connectivity index (χ4v) is 4.35. The summed E-state index contributed by atoms with van der Waals surface area (Å²) in [6.45, 7) is 2.03. The molecule has 0 aromatic heterocycles. The molecule has 2 fully saturated rings. The third-order valence-electron chi connectivity index (χ3n) is 5.02. The molecule has 2 amide bonds. The summed E-state index contributed by atoms with van der Waals surface area (Å²) in [6.07, 6.45) is 1.78. The molecule has 2 aliphatic rings. The van der Waals surface area contributed by atoms with E-state index in [0.717, 1.165) is 36.6 Å². The Labute approximate surface area is 151 Å². The molecule has 7 heteroatoms. The molecule has 1 aromatic rings. The number of thioether (sulfide) groups is 1. The molecule has 0 saturated carbocycles. The Morgan fingerprint density at radius 3 is 2.44 bits per heavy atom. The van der Waals surface area contributed by atoms with E-state index in [0.29, 0.717) is 13.1 Å². The summed E-state index contributed by atoms with van der Waals surface area (Å²) in [4.78, 5) is 28.5. The monoisotopic (exact) mass is 365 g/mol. The van der Waals surface area contributed by atoms with Gasteiger partial charge < -0.3 is 15.5 Å². The lowest BCUT2D eigenvalue weighted by Crippen LogP contribution is -2.50. The number of hydrogen-bond donors (Lipinski definition) is 1. The van der Waals surface area contributed by atoms with Crippen LogP contribution >= 0.6 is 11.8 Å². The number of rotatable bonds is 4. The van der Waals surface area contributed by atoms with Crippen LogP contribution in [0.5, 0.6) is 0 Å². The van der Waals surface area contributed by atoms with Gasteiger partial charge in [0.2, 0.25) is 11.8 Å². The normalized spacial score (nSPS) is 19.9. The third-order valence-corrected chi connectivity index (χ3v) is 5.98. The molecule has 0 bridgehead atoms. The average Bonchev–Trinajstić information content (AvgIpc) is 3.17. The van der Waals surface area contributed by atoms with Crippen LogP contribution in [-0.2, 0) is 16.0 Å². The maximum atomic E-state index is 12.9. The SMILES string of the molecule is NC(C(=O)N1CCSC1)C1CCN(C(=O)Cc2ccc(F)cc2)CC1. The molecule has 136 valence electrons. The van der Waals surface area contributed by atoms with Crippen LogP contribution in [0, 0.1) is 11.7 Å². The quantitative estimate of drug-likeness (QED) is 0.877. The second kappa shape index (κ2) is 8.19. The summed E-state index contributed by atoms with van der Waals surface area (Å²) in [5.41, 5.74) is 7.00. The minimum Gasteiger partial charge on any atom is -0.342 e. The van der Waals surface area contributed by atoms with Gasteiger partial charge >= 0.3 is 0 Å². The van der Waals surface area contributed by atoms with Gasteiger partial charge in [-0.2, -0.15) is 0 Å². The number of nitrogens with two attached hydrogens (primary N) is 1. The van der Waals surface area contributed by atoms with Crippen molar-refractivity contribution in [3.63, 3.8) is 0 Å². The standard InChI is InChI=1S/C18H24FN3O2S/c19-15-3-1-13(2-4-15)11-16(23)21-7-5-14(6-8-21)17(20)18(24)22-9-10-25-12-22/h1-4,14,17H,5-12,20H2. The van der Waals surface area contributed by atoms with Crippen molar-refractivity contribution in [2.24, 2.45) is 11.7 Å². The molecule has 1 aromatic carbocycles. The highest BCUT2D eigenvalue weighted by Crippen LogP contribution is 2.23. The second-order valence-electron chi connectivity index (χ2n) is 6.69. The predicted octanol–water partition coefficient (Wildman–Crippen LogP) is 1.47. The summed E-state index contributed by atoms with van der Waals surface area (Å²) in [7, 11) is 0. The van der Waals surface area contributed by atoms with Crippen LogP contribution in [0.3, 0.4) is 0 Å². The van der Waals surface area contributed by atoms with Crippen molar-refractivity contribution in [3.05, 3.63) is 35.6 Å². The van der Waals surface area contributed by atoms with Crippen LogP contribution in [0.1, 0.15) is 18.4 Å². The summed E-state index contributed by atoms with van der Waals surface area (Å²) >= 11 is 1.75. The van der Waals surface area contributed by atoms with Gasteiger partial charge in [-0.1, -0.05) is 12.1 Å². The van der Waals surface area contributed by atoms with E-state index >= 15 is 0 Å². The zero-order valence-electron chi connectivity index (χ0n) is 14.2. The average molecular weight is 365 g/mol. The zero-order valence-corrected chi connectivity index (χ0v) is 15.0. The van der Waals surface area contributed by atoms with E-state index in [1.807, 2.05) is 9.80 Å². The molecule has 0 radical (unpaired) electrons. The first kappa shape index (κ1) is 18.2. The van der Waals surface area contributed by atoms with Crippen molar-refractivity contribution in [2.45, 2.75) is 25.3 Å². The van der Waals surface area contributed by atoms with Crippen molar-refractivity contribution in [1.82, 2.24) is 9.80 Å². The van der Waals surface area contributed by atoms with Gasteiger partial charge in [0.15, 0.2) is 0 Å². The van der Waals surface area contributed by atoms with Crippen molar-refractivity contribution in [3.8, 4) is 0 Å². The Bertz CT molecular complexity index is 611. The summed E-state index contributed by atoms with van der Waals surface area (Å²) in [5.74, 6) is 1.64. The predicted molar refractivity (Wildman–Crippen MR) is 96.4 cm³/mol. The molecule has 25 heavy (non-hydrogen) atoms. The fraction of sp³-hybridized carbons (Fsp3) is 0.556. The maximum absolute atomic E-state index is 12.9. The molecule has 2 aliphatic heterocycles. The highest BCUT2D eigenvalue weighted by Gasteiger charge is 2.33. The number of nitrogens with zero attached hydrogens (tertiary/aromatic N) is 2. The Hall–Kier alpha value is -1.60. The number of benzene rings is 1. The van der Waals surface area contributed by atoms with E-state index in [4.69, 9.17) is 5.73 Å². The number of likely N-dealkylation sites (tertiary alicyclic amines) is 1. The summed E-state index contributed by atoms with van der Waals surface area (Å²) in [5, 5.41) is 0. The van der Waals surface area contributed by atoms with Crippen LogP contribution in [0.4, 0.5) is 4.39 Å². The van der Waals surface area contributed by atoms with E-state index < -0.39 is 6.04 Å². The lowest BCUT2D eigenvalue weighted by atomic mass is 9.89. The third kappa shape index (κ3) is 4.52.